The number of anilines is 2. The molecule has 2 N–H and O–H groups in total. The normalized spacial score (nSPS) is 16.2. The molecule has 78 valence electrons. The van der Waals surface area contributed by atoms with E-state index in [2.05, 4.69) is 15.9 Å². The van der Waals surface area contributed by atoms with Gasteiger partial charge in [-0.2, -0.15) is 0 Å². The number of benzene rings is 1. The van der Waals surface area contributed by atoms with Crippen LogP contribution in [0, 0.1) is 0 Å². The average Bonchev–Trinajstić information content (AvgIpc) is 2.48. The van der Waals surface area contributed by atoms with Crippen LogP contribution in [-0.2, 0) is 9.59 Å². The van der Waals surface area contributed by atoms with Gasteiger partial charge in [-0.15, -0.1) is 0 Å². The molecule has 1 fully saturated rings. The van der Waals surface area contributed by atoms with E-state index in [-0.39, 0.29) is 24.7 Å². The van der Waals surface area contributed by atoms with Crippen LogP contribution in [0.5, 0.6) is 0 Å². The molecule has 1 heterocycles. The smallest absolute Gasteiger partial charge is 0.234 e. The number of hydrogen-bond donors (Lipinski definition) is 1. The number of hydrogen-bond acceptors (Lipinski definition) is 3. The maximum atomic E-state index is 11.5. The largest absolute Gasteiger partial charge is 0.397 e. The van der Waals surface area contributed by atoms with Gasteiger partial charge in [0, 0.05) is 17.3 Å². The lowest BCUT2D eigenvalue weighted by Gasteiger charge is -2.16. The van der Waals surface area contributed by atoms with Crippen LogP contribution in [0.1, 0.15) is 12.8 Å². The third kappa shape index (κ3) is 1.74. The Morgan fingerprint density at radius 1 is 1.20 bits per heavy atom. The van der Waals surface area contributed by atoms with Crippen molar-refractivity contribution < 1.29 is 9.59 Å². The first kappa shape index (κ1) is 10.2. The molecule has 15 heavy (non-hydrogen) atoms. The second kappa shape index (κ2) is 3.66. The molecule has 1 aromatic carbocycles. The molecule has 0 radical (unpaired) electrons. The molecule has 0 spiro atoms. The van der Waals surface area contributed by atoms with Crippen LogP contribution in [0.3, 0.4) is 0 Å². The molecule has 2 amide bonds. The van der Waals surface area contributed by atoms with Gasteiger partial charge >= 0.3 is 0 Å². The zero-order chi connectivity index (χ0) is 11.0. The van der Waals surface area contributed by atoms with E-state index >= 15 is 0 Å². The maximum absolute atomic E-state index is 11.5. The van der Waals surface area contributed by atoms with Crippen LogP contribution in [0.2, 0.25) is 0 Å². The molecule has 0 unspecified atom stereocenters. The van der Waals surface area contributed by atoms with Gasteiger partial charge in [0.25, 0.3) is 0 Å². The molecule has 0 saturated carbocycles. The highest BCUT2D eigenvalue weighted by molar-refractivity contribution is 9.10. The lowest BCUT2D eigenvalue weighted by molar-refractivity contribution is -0.121. The summed E-state index contributed by atoms with van der Waals surface area (Å²) in [5, 5.41) is 0. The van der Waals surface area contributed by atoms with Gasteiger partial charge in [0.15, 0.2) is 0 Å². The third-order valence-electron chi connectivity index (χ3n) is 2.28. The predicted molar refractivity (Wildman–Crippen MR) is 60.3 cm³/mol. The topological polar surface area (TPSA) is 63.4 Å². The summed E-state index contributed by atoms with van der Waals surface area (Å²) >= 11 is 3.27. The minimum Gasteiger partial charge on any atom is -0.397 e. The molecule has 0 aromatic heterocycles. The fraction of sp³-hybridized carbons (Fsp3) is 0.200. The highest BCUT2D eigenvalue weighted by atomic mass is 79.9. The Kier molecular flexibility index (Phi) is 2.48. The van der Waals surface area contributed by atoms with Crippen LogP contribution >= 0.6 is 15.9 Å². The number of nitrogen functional groups attached to an aromatic ring is 1. The van der Waals surface area contributed by atoms with E-state index < -0.39 is 0 Å². The fourth-order valence-electron chi connectivity index (χ4n) is 1.57. The summed E-state index contributed by atoms with van der Waals surface area (Å²) in [7, 11) is 0. The van der Waals surface area contributed by atoms with E-state index in [9.17, 15) is 9.59 Å². The number of carbonyl (C=O) groups is 2. The van der Waals surface area contributed by atoms with E-state index in [4.69, 9.17) is 5.73 Å². The number of nitrogens with zero attached hydrogens (tertiary/aromatic N) is 1. The van der Waals surface area contributed by atoms with Crippen LogP contribution in [0.25, 0.3) is 0 Å². The maximum Gasteiger partial charge on any atom is 0.234 e. The van der Waals surface area contributed by atoms with Crippen LogP contribution in [0.15, 0.2) is 22.7 Å². The molecular weight excluding hydrogens is 260 g/mol. The molecule has 1 aromatic rings. The van der Waals surface area contributed by atoms with Crippen molar-refractivity contribution in [1.82, 2.24) is 0 Å². The van der Waals surface area contributed by atoms with E-state index in [0.29, 0.717) is 11.4 Å². The third-order valence-corrected chi connectivity index (χ3v) is 2.78. The zero-order valence-corrected chi connectivity index (χ0v) is 9.45. The number of rotatable bonds is 1. The minimum absolute atomic E-state index is 0.186. The molecule has 1 aliphatic rings. The van der Waals surface area contributed by atoms with Crippen LogP contribution < -0.4 is 10.6 Å². The van der Waals surface area contributed by atoms with Gasteiger partial charge in [0.1, 0.15) is 0 Å². The first-order valence-corrected chi connectivity index (χ1v) is 5.29. The standard InChI is InChI=1S/C10H9BrN2O2/c11-6-1-2-8(7(12)5-6)13-9(14)3-4-10(13)15/h1-2,5H,3-4,12H2. The van der Waals surface area contributed by atoms with E-state index in [1.54, 1.807) is 18.2 Å². The lowest BCUT2D eigenvalue weighted by atomic mass is 10.2. The molecule has 0 atom stereocenters. The van der Waals surface area contributed by atoms with Crippen molar-refractivity contribution in [1.29, 1.82) is 0 Å². The summed E-state index contributed by atoms with van der Waals surface area (Å²) in [6, 6.07) is 5.10. The van der Waals surface area contributed by atoms with Gasteiger partial charge in [0.2, 0.25) is 11.8 Å². The minimum atomic E-state index is -0.186. The van der Waals surface area contributed by atoms with Crippen molar-refractivity contribution in [3.8, 4) is 0 Å². The van der Waals surface area contributed by atoms with Gasteiger partial charge in [0.05, 0.1) is 11.4 Å². The molecule has 0 aliphatic carbocycles. The van der Waals surface area contributed by atoms with Gasteiger partial charge < -0.3 is 5.73 Å². The molecule has 2 rings (SSSR count). The zero-order valence-electron chi connectivity index (χ0n) is 7.87. The Balaban J connectivity index is 2.45. The van der Waals surface area contributed by atoms with E-state index in [1.165, 1.54) is 0 Å². The van der Waals surface area contributed by atoms with E-state index in [0.717, 1.165) is 9.37 Å². The summed E-state index contributed by atoms with van der Waals surface area (Å²) in [6.07, 6.45) is 0.544. The van der Waals surface area contributed by atoms with Crippen molar-refractivity contribution in [2.45, 2.75) is 12.8 Å². The van der Waals surface area contributed by atoms with Crippen molar-refractivity contribution in [3.05, 3.63) is 22.7 Å². The Bertz CT molecular complexity index is 429. The number of halogens is 1. The summed E-state index contributed by atoms with van der Waals surface area (Å²) in [5.74, 6) is -0.372. The molecular formula is C10H9BrN2O2. The number of imide groups is 1. The Morgan fingerprint density at radius 3 is 2.33 bits per heavy atom. The monoisotopic (exact) mass is 268 g/mol. The predicted octanol–water partition coefficient (Wildman–Crippen LogP) is 1.68. The first-order valence-electron chi connectivity index (χ1n) is 4.50. The molecule has 5 heteroatoms. The number of amides is 2. The van der Waals surface area contributed by atoms with Crippen molar-refractivity contribution in [3.63, 3.8) is 0 Å². The number of carbonyl (C=O) groups excluding carboxylic acids is 2. The Morgan fingerprint density at radius 2 is 1.80 bits per heavy atom. The summed E-state index contributed by atoms with van der Waals surface area (Å²) in [4.78, 5) is 24.1. The molecule has 4 nitrogen and oxygen atoms in total. The lowest BCUT2D eigenvalue weighted by Crippen LogP contribution is -2.29. The summed E-state index contributed by atoms with van der Waals surface area (Å²) in [6.45, 7) is 0. The summed E-state index contributed by atoms with van der Waals surface area (Å²) < 4.78 is 0.822. The number of nitrogens with two attached hydrogens (primary N) is 1. The highest BCUT2D eigenvalue weighted by Gasteiger charge is 2.31. The second-order valence-electron chi connectivity index (χ2n) is 3.33. The molecule has 1 aliphatic heterocycles. The fourth-order valence-corrected chi connectivity index (χ4v) is 1.95. The first-order chi connectivity index (χ1) is 7.09. The van der Waals surface area contributed by atoms with Gasteiger partial charge in [-0.25, -0.2) is 4.90 Å². The average molecular weight is 269 g/mol. The second-order valence-corrected chi connectivity index (χ2v) is 4.24. The SMILES string of the molecule is Nc1cc(Br)ccc1N1C(=O)CCC1=O. The van der Waals surface area contributed by atoms with Crippen molar-refractivity contribution >= 4 is 39.1 Å². The van der Waals surface area contributed by atoms with Gasteiger partial charge in [-0.05, 0) is 18.2 Å². The van der Waals surface area contributed by atoms with Gasteiger partial charge in [-0.3, -0.25) is 9.59 Å². The molecule has 0 bridgehead atoms. The Labute approximate surface area is 95.2 Å². The Hall–Kier alpha value is -1.36. The van der Waals surface area contributed by atoms with Crippen molar-refractivity contribution in [2.75, 3.05) is 10.6 Å². The van der Waals surface area contributed by atoms with Crippen LogP contribution in [-0.4, -0.2) is 11.8 Å². The highest BCUT2D eigenvalue weighted by Crippen LogP contribution is 2.30. The van der Waals surface area contributed by atoms with E-state index in [1.807, 2.05) is 0 Å². The summed E-state index contributed by atoms with van der Waals surface area (Å²) in [5.41, 5.74) is 6.65. The quantitative estimate of drug-likeness (QED) is 0.623. The van der Waals surface area contributed by atoms with Crippen LogP contribution in [0.4, 0.5) is 11.4 Å². The van der Waals surface area contributed by atoms with Crippen molar-refractivity contribution in [2.24, 2.45) is 0 Å². The van der Waals surface area contributed by atoms with Gasteiger partial charge in [-0.1, -0.05) is 15.9 Å². The molecule has 1 saturated heterocycles.